The fourth-order valence-electron chi connectivity index (χ4n) is 6.20. The van der Waals surface area contributed by atoms with E-state index >= 15 is 0 Å². The van der Waals surface area contributed by atoms with Crippen LogP contribution in [0.15, 0.2) is 54.7 Å². The van der Waals surface area contributed by atoms with E-state index in [1.54, 1.807) is 6.92 Å². The summed E-state index contributed by atoms with van der Waals surface area (Å²) < 4.78 is 2.20. The number of carbonyl (C=O) groups excluding carboxylic acids is 1. The largest absolute Gasteiger partial charge is 0.345 e. The molecule has 0 N–H and O–H groups in total. The highest BCUT2D eigenvalue weighted by atomic mass is 35.5. The Morgan fingerprint density at radius 1 is 1.00 bits per heavy atom. The molecule has 1 aromatic heterocycles. The van der Waals surface area contributed by atoms with Gasteiger partial charge in [-0.2, -0.15) is 0 Å². The van der Waals surface area contributed by atoms with Gasteiger partial charge in [-0.15, -0.1) is 0 Å². The molecule has 0 unspecified atom stereocenters. The lowest BCUT2D eigenvalue weighted by Gasteiger charge is -2.39. The number of carbonyl (C=O) groups is 1. The van der Waals surface area contributed by atoms with Gasteiger partial charge in [0.1, 0.15) is 0 Å². The minimum absolute atomic E-state index is 0.103. The molecule has 3 nitrogen and oxygen atoms in total. The van der Waals surface area contributed by atoms with Gasteiger partial charge in [0.15, 0.2) is 5.78 Å². The van der Waals surface area contributed by atoms with Crippen LogP contribution in [0, 0.1) is 5.92 Å². The second-order valence-corrected chi connectivity index (χ2v) is 10.2. The van der Waals surface area contributed by atoms with Crippen molar-refractivity contribution >= 4 is 28.3 Å². The third-order valence-electron chi connectivity index (χ3n) is 7.71. The zero-order chi connectivity index (χ0) is 22.1. The predicted octanol–water partition coefficient (Wildman–Crippen LogP) is 6.76. The number of rotatable bonds is 8. The average molecular weight is 449 g/mol. The van der Waals surface area contributed by atoms with E-state index in [9.17, 15) is 4.79 Å². The van der Waals surface area contributed by atoms with Crippen molar-refractivity contribution in [3.63, 3.8) is 0 Å². The number of hydrogen-bond donors (Lipinski definition) is 0. The molecule has 168 valence electrons. The molecule has 2 bridgehead atoms. The molecule has 2 saturated heterocycles. The third-order valence-corrected chi connectivity index (χ3v) is 8.01. The first-order valence-corrected chi connectivity index (χ1v) is 12.6. The van der Waals surface area contributed by atoms with Gasteiger partial charge in [0.25, 0.3) is 0 Å². The van der Waals surface area contributed by atoms with Crippen molar-refractivity contribution in [2.75, 3.05) is 6.54 Å². The number of piperidine rings is 1. The van der Waals surface area contributed by atoms with E-state index in [0.717, 1.165) is 59.0 Å². The Balaban J connectivity index is 1.19. The quantitative estimate of drug-likeness (QED) is 0.355. The van der Waals surface area contributed by atoms with E-state index in [1.165, 1.54) is 44.1 Å². The molecule has 0 saturated carbocycles. The Hall–Kier alpha value is -2.10. The molecule has 0 aliphatic carbocycles. The molecule has 2 aliphatic rings. The Morgan fingerprint density at radius 2 is 1.75 bits per heavy atom. The van der Waals surface area contributed by atoms with E-state index in [4.69, 9.17) is 11.6 Å². The van der Waals surface area contributed by atoms with Crippen LogP contribution in [0.5, 0.6) is 0 Å². The summed E-state index contributed by atoms with van der Waals surface area (Å²) >= 11 is 6.51. The number of fused-ring (bicyclic) bond motifs is 3. The fraction of sp³-hybridized carbons (Fsp3) is 0.464. The summed E-state index contributed by atoms with van der Waals surface area (Å²) in [4.78, 5) is 14.9. The van der Waals surface area contributed by atoms with E-state index in [-0.39, 0.29) is 5.78 Å². The summed E-state index contributed by atoms with van der Waals surface area (Å²) in [6.45, 7) is 3.68. The maximum absolute atomic E-state index is 12.1. The van der Waals surface area contributed by atoms with Gasteiger partial charge in [0, 0.05) is 42.3 Å². The third kappa shape index (κ3) is 4.38. The number of aromatic nitrogens is 1. The number of ketones is 1. The molecule has 2 aliphatic heterocycles. The maximum Gasteiger partial charge on any atom is 0.161 e. The van der Waals surface area contributed by atoms with Gasteiger partial charge < -0.3 is 4.57 Å². The van der Waals surface area contributed by atoms with Crippen LogP contribution >= 0.6 is 11.6 Å². The number of nitrogens with zero attached hydrogens (tertiary/aromatic N) is 2. The van der Waals surface area contributed by atoms with Gasteiger partial charge in [-0.05, 0) is 69.4 Å². The zero-order valence-corrected chi connectivity index (χ0v) is 19.7. The van der Waals surface area contributed by atoms with Crippen molar-refractivity contribution in [3.05, 3.63) is 70.9 Å². The second kappa shape index (κ2) is 9.41. The molecule has 0 amide bonds. The van der Waals surface area contributed by atoms with Gasteiger partial charge in [0.05, 0.1) is 10.5 Å². The number of halogens is 1. The van der Waals surface area contributed by atoms with E-state index in [1.807, 2.05) is 24.4 Å². The summed E-state index contributed by atoms with van der Waals surface area (Å²) in [7, 11) is 0. The van der Waals surface area contributed by atoms with Gasteiger partial charge >= 0.3 is 0 Å². The van der Waals surface area contributed by atoms with Gasteiger partial charge in [0.2, 0.25) is 0 Å². The molecule has 0 spiro atoms. The van der Waals surface area contributed by atoms with Crippen LogP contribution in [-0.2, 0) is 13.0 Å². The molecule has 3 aromatic rings. The van der Waals surface area contributed by atoms with Crippen LogP contribution in [0.4, 0.5) is 0 Å². The summed E-state index contributed by atoms with van der Waals surface area (Å²) in [6, 6.07) is 18.3. The van der Waals surface area contributed by atoms with Crippen LogP contribution < -0.4 is 0 Å². The first-order chi connectivity index (χ1) is 15.6. The lowest BCUT2D eigenvalue weighted by atomic mass is 9.86. The standard InChI is InChI=1S/C28H33ClN2O/c1-20(32)26-19-30(28-25(26)9-5-10-27(28)29)15-6-16-31-23-13-14-24(31)18-22(17-23)12-11-21-7-3-2-4-8-21/h2-5,7-10,19,22-24H,6,11-18H2,1H3/t22-,23+,24-. The van der Waals surface area contributed by atoms with Crippen LogP contribution in [0.25, 0.3) is 10.9 Å². The zero-order valence-electron chi connectivity index (χ0n) is 19.0. The normalized spacial score (nSPS) is 23.1. The molecule has 2 fully saturated rings. The van der Waals surface area contributed by atoms with E-state index < -0.39 is 0 Å². The smallest absolute Gasteiger partial charge is 0.161 e. The van der Waals surface area contributed by atoms with Crippen LogP contribution in [-0.4, -0.2) is 33.9 Å². The number of benzene rings is 2. The summed E-state index contributed by atoms with van der Waals surface area (Å²) in [5, 5.41) is 1.71. The van der Waals surface area contributed by atoms with Crippen LogP contribution in [0.2, 0.25) is 5.02 Å². The summed E-state index contributed by atoms with van der Waals surface area (Å²) in [5.41, 5.74) is 3.26. The van der Waals surface area contributed by atoms with Crippen molar-refractivity contribution in [1.29, 1.82) is 0 Å². The van der Waals surface area contributed by atoms with Crippen molar-refractivity contribution in [2.24, 2.45) is 5.92 Å². The lowest BCUT2D eigenvalue weighted by molar-refractivity contribution is 0.0978. The predicted molar refractivity (Wildman–Crippen MR) is 133 cm³/mol. The maximum atomic E-state index is 12.1. The van der Waals surface area contributed by atoms with Crippen LogP contribution in [0.3, 0.4) is 0 Å². The average Bonchev–Trinajstić information content (AvgIpc) is 3.28. The van der Waals surface area contributed by atoms with Gasteiger partial charge in [-0.1, -0.05) is 54.1 Å². The molecule has 0 radical (unpaired) electrons. The highest BCUT2D eigenvalue weighted by molar-refractivity contribution is 6.35. The van der Waals surface area contributed by atoms with Gasteiger partial charge in [-0.25, -0.2) is 0 Å². The molecule has 3 atom stereocenters. The summed E-state index contributed by atoms with van der Waals surface area (Å²) in [6.07, 6.45) is 11.1. The van der Waals surface area contributed by atoms with Crippen LogP contribution in [0.1, 0.15) is 61.4 Å². The number of Topliss-reactive ketones (excluding diaryl/α,β-unsaturated/α-hetero) is 1. The number of para-hydroxylation sites is 1. The first kappa shape index (κ1) is 21.7. The molecular weight excluding hydrogens is 416 g/mol. The lowest BCUT2D eigenvalue weighted by Crippen LogP contribution is -2.43. The molecular formula is C28H33ClN2O. The Kier molecular flexibility index (Phi) is 6.39. The highest BCUT2D eigenvalue weighted by Crippen LogP contribution is 2.40. The van der Waals surface area contributed by atoms with E-state index in [2.05, 4.69) is 39.8 Å². The highest BCUT2D eigenvalue weighted by Gasteiger charge is 2.39. The Bertz CT molecular complexity index is 1080. The second-order valence-electron chi connectivity index (χ2n) is 9.77. The fourth-order valence-corrected chi connectivity index (χ4v) is 6.48. The topological polar surface area (TPSA) is 25.2 Å². The molecule has 32 heavy (non-hydrogen) atoms. The number of hydrogen-bond acceptors (Lipinski definition) is 2. The SMILES string of the molecule is CC(=O)c1cn(CCCN2[C@@H]3CC[C@H]2C[C@@H](CCc2ccccc2)C3)c2c(Cl)cccc12. The summed E-state index contributed by atoms with van der Waals surface area (Å²) in [5.74, 6) is 0.973. The van der Waals surface area contributed by atoms with Crippen molar-refractivity contribution < 1.29 is 4.79 Å². The van der Waals surface area contributed by atoms with Crippen molar-refractivity contribution in [1.82, 2.24) is 9.47 Å². The van der Waals surface area contributed by atoms with Crippen molar-refractivity contribution in [3.8, 4) is 0 Å². The Morgan fingerprint density at radius 3 is 2.47 bits per heavy atom. The molecule has 4 heteroatoms. The van der Waals surface area contributed by atoms with Crippen molar-refractivity contribution in [2.45, 2.75) is 70.5 Å². The molecule has 3 heterocycles. The minimum atomic E-state index is 0.103. The number of aryl methyl sites for hydroxylation is 2. The molecule has 5 rings (SSSR count). The monoisotopic (exact) mass is 448 g/mol. The first-order valence-electron chi connectivity index (χ1n) is 12.2. The minimum Gasteiger partial charge on any atom is -0.345 e. The van der Waals surface area contributed by atoms with Gasteiger partial charge in [-0.3, -0.25) is 9.69 Å². The Labute approximate surface area is 196 Å². The van der Waals surface area contributed by atoms with E-state index in [0.29, 0.717) is 0 Å². The molecule has 2 aromatic carbocycles.